The Morgan fingerprint density at radius 2 is 2.03 bits per heavy atom. The molecule has 1 N–H and O–H groups in total. The third-order valence-corrected chi connectivity index (χ3v) is 5.42. The molecule has 1 atom stereocenters. The molecule has 0 aliphatic carbocycles. The predicted octanol–water partition coefficient (Wildman–Crippen LogP) is 5.97. The van der Waals surface area contributed by atoms with Crippen LogP contribution in [0.1, 0.15) is 43.1 Å². The number of aryl methyl sites for hydroxylation is 1. The molecule has 1 aromatic heterocycles. The molecule has 2 heterocycles. The molecule has 32 heavy (non-hydrogen) atoms. The summed E-state index contributed by atoms with van der Waals surface area (Å²) in [5.74, 6) is 1.04. The molecule has 1 fully saturated rings. The van der Waals surface area contributed by atoms with Crippen LogP contribution in [0.3, 0.4) is 0 Å². The number of halogens is 3. The summed E-state index contributed by atoms with van der Waals surface area (Å²) in [6.07, 6.45) is -1.54. The third kappa shape index (κ3) is 6.77. The molecular formula is C23H28F3N3O3. The van der Waals surface area contributed by atoms with Crippen LogP contribution in [-0.4, -0.2) is 42.0 Å². The lowest BCUT2D eigenvalue weighted by Crippen LogP contribution is -2.39. The predicted molar refractivity (Wildman–Crippen MR) is 116 cm³/mol. The van der Waals surface area contributed by atoms with Gasteiger partial charge in [0.2, 0.25) is 0 Å². The molecule has 0 spiro atoms. The number of anilines is 1. The van der Waals surface area contributed by atoms with Gasteiger partial charge in [-0.05, 0) is 50.3 Å². The minimum atomic E-state index is -4.19. The second-order valence-electron chi connectivity index (χ2n) is 8.24. The molecule has 3 rings (SSSR count). The molecule has 0 saturated carbocycles. The van der Waals surface area contributed by atoms with Crippen molar-refractivity contribution < 1.29 is 27.2 Å². The highest BCUT2D eigenvalue weighted by Crippen LogP contribution is 2.26. The average Bonchev–Trinajstić information content (AvgIpc) is 3.04. The van der Waals surface area contributed by atoms with Crippen LogP contribution in [0.4, 0.5) is 23.8 Å². The van der Waals surface area contributed by atoms with Crippen molar-refractivity contribution in [2.75, 3.05) is 25.0 Å². The Kier molecular flexibility index (Phi) is 7.48. The molecule has 0 radical (unpaired) electrons. The smallest absolute Gasteiger partial charge is 0.389 e. The maximum Gasteiger partial charge on any atom is 0.389 e. The normalized spacial score (nSPS) is 15.4. The van der Waals surface area contributed by atoms with Gasteiger partial charge in [0, 0.05) is 25.1 Å². The van der Waals surface area contributed by atoms with E-state index in [-0.39, 0.29) is 12.6 Å². The van der Waals surface area contributed by atoms with Crippen LogP contribution in [0, 0.1) is 19.8 Å². The Labute approximate surface area is 185 Å². The second-order valence-corrected chi connectivity index (χ2v) is 8.24. The number of carbonyl (C=O) groups excluding carboxylic acids is 1. The van der Waals surface area contributed by atoms with Gasteiger partial charge < -0.3 is 14.2 Å². The zero-order valence-electron chi connectivity index (χ0n) is 18.5. The number of alkyl halides is 3. The van der Waals surface area contributed by atoms with Crippen LogP contribution in [0.25, 0.3) is 6.08 Å². The van der Waals surface area contributed by atoms with Gasteiger partial charge in [0.15, 0.2) is 5.82 Å². The first-order valence-corrected chi connectivity index (χ1v) is 10.6. The third-order valence-electron chi connectivity index (χ3n) is 5.42. The van der Waals surface area contributed by atoms with Gasteiger partial charge in [-0.2, -0.15) is 13.2 Å². The Hall–Kier alpha value is -2.97. The standard InChI is InChI=1S/C23H28F3N3O3/c1-15(13-23(24,25)26)14-31-20-6-4-5-19(12-20)11-18-7-9-29(10-8-18)22(30)27-21-16(2)17(3)32-28-21/h4-6,11-12,15H,7-10,13-14H2,1-3H3,(H,27,28,30). The summed E-state index contributed by atoms with van der Waals surface area (Å²) in [7, 11) is 0. The number of ether oxygens (including phenoxy) is 1. The molecule has 1 aliphatic rings. The summed E-state index contributed by atoms with van der Waals surface area (Å²) in [6, 6.07) is 7.10. The molecule has 6 nitrogen and oxygen atoms in total. The summed E-state index contributed by atoms with van der Waals surface area (Å²) in [6.45, 7) is 6.33. The zero-order chi connectivity index (χ0) is 23.3. The average molecular weight is 451 g/mol. The van der Waals surface area contributed by atoms with Crippen molar-refractivity contribution in [1.29, 1.82) is 0 Å². The summed E-state index contributed by atoms with van der Waals surface area (Å²) in [4.78, 5) is 14.2. The topological polar surface area (TPSA) is 67.6 Å². The maximum absolute atomic E-state index is 12.5. The number of rotatable bonds is 6. The van der Waals surface area contributed by atoms with Gasteiger partial charge in [-0.25, -0.2) is 4.79 Å². The molecule has 174 valence electrons. The van der Waals surface area contributed by atoms with E-state index in [1.807, 2.05) is 31.2 Å². The van der Waals surface area contributed by atoms with Gasteiger partial charge in [0.1, 0.15) is 11.5 Å². The highest BCUT2D eigenvalue weighted by Gasteiger charge is 2.30. The lowest BCUT2D eigenvalue weighted by atomic mass is 10.0. The number of likely N-dealkylation sites (tertiary alicyclic amines) is 1. The highest BCUT2D eigenvalue weighted by molar-refractivity contribution is 5.89. The van der Waals surface area contributed by atoms with Crippen molar-refractivity contribution >= 4 is 17.9 Å². The van der Waals surface area contributed by atoms with Crippen molar-refractivity contribution in [3.8, 4) is 5.75 Å². The van der Waals surface area contributed by atoms with Crippen LogP contribution in [0.15, 0.2) is 34.4 Å². The Balaban J connectivity index is 1.51. The van der Waals surface area contributed by atoms with Crippen LogP contribution >= 0.6 is 0 Å². The molecule has 1 saturated heterocycles. The number of piperidine rings is 1. The second kappa shape index (κ2) is 10.1. The maximum atomic E-state index is 12.5. The van der Waals surface area contributed by atoms with Gasteiger partial charge in [-0.1, -0.05) is 35.9 Å². The van der Waals surface area contributed by atoms with Gasteiger partial charge in [0.25, 0.3) is 0 Å². The lowest BCUT2D eigenvalue weighted by molar-refractivity contribution is -0.145. The molecule has 2 amide bonds. The van der Waals surface area contributed by atoms with Crippen LogP contribution in [0.2, 0.25) is 0 Å². The number of nitrogens with zero attached hydrogens (tertiary/aromatic N) is 2. The monoisotopic (exact) mass is 451 g/mol. The largest absolute Gasteiger partial charge is 0.493 e. The Bertz CT molecular complexity index is 959. The molecule has 1 unspecified atom stereocenters. The van der Waals surface area contributed by atoms with Gasteiger partial charge in [0.05, 0.1) is 6.61 Å². The van der Waals surface area contributed by atoms with Crippen LogP contribution in [-0.2, 0) is 0 Å². The van der Waals surface area contributed by atoms with Crippen LogP contribution in [0.5, 0.6) is 5.75 Å². The van der Waals surface area contributed by atoms with Crippen molar-refractivity contribution in [2.45, 2.75) is 46.2 Å². The van der Waals surface area contributed by atoms with E-state index in [1.54, 1.807) is 17.9 Å². The molecule has 9 heteroatoms. The Morgan fingerprint density at radius 1 is 1.31 bits per heavy atom. The first kappa shape index (κ1) is 23.7. The number of hydrogen-bond acceptors (Lipinski definition) is 4. The van der Waals surface area contributed by atoms with Gasteiger partial charge in [-0.15, -0.1) is 0 Å². The lowest BCUT2D eigenvalue weighted by Gasteiger charge is -2.28. The van der Waals surface area contributed by atoms with E-state index in [9.17, 15) is 18.0 Å². The van der Waals surface area contributed by atoms with Gasteiger partial charge in [-0.3, -0.25) is 5.32 Å². The number of carbonyl (C=O) groups is 1. The quantitative estimate of drug-likeness (QED) is 0.588. The van der Waals surface area contributed by atoms with Crippen molar-refractivity contribution in [3.63, 3.8) is 0 Å². The fraction of sp³-hybridized carbons (Fsp3) is 0.478. The minimum absolute atomic E-state index is 0.00806. The zero-order valence-corrected chi connectivity index (χ0v) is 18.5. The van der Waals surface area contributed by atoms with Gasteiger partial charge >= 0.3 is 12.2 Å². The number of nitrogens with one attached hydrogen (secondary N) is 1. The number of benzene rings is 1. The highest BCUT2D eigenvalue weighted by atomic mass is 19.4. The molecule has 2 aromatic rings. The van der Waals surface area contributed by atoms with Crippen molar-refractivity contribution in [2.24, 2.45) is 5.92 Å². The molecular weight excluding hydrogens is 423 g/mol. The summed E-state index contributed by atoms with van der Waals surface area (Å²) >= 11 is 0. The van der Waals surface area contributed by atoms with E-state index in [4.69, 9.17) is 9.26 Å². The fourth-order valence-electron chi connectivity index (χ4n) is 3.48. The summed E-state index contributed by atoms with van der Waals surface area (Å²) in [5, 5.41) is 6.65. The number of urea groups is 1. The summed E-state index contributed by atoms with van der Waals surface area (Å²) < 4.78 is 48.0. The van der Waals surface area contributed by atoms with Crippen LogP contribution < -0.4 is 10.1 Å². The number of aromatic nitrogens is 1. The molecule has 1 aromatic carbocycles. The van der Waals surface area contributed by atoms with Crippen molar-refractivity contribution in [3.05, 3.63) is 46.7 Å². The fourth-order valence-corrected chi connectivity index (χ4v) is 3.48. The van der Waals surface area contributed by atoms with E-state index in [0.717, 1.165) is 24.0 Å². The van der Waals surface area contributed by atoms with E-state index in [0.29, 0.717) is 30.4 Å². The molecule has 0 bridgehead atoms. The Morgan fingerprint density at radius 3 is 2.66 bits per heavy atom. The minimum Gasteiger partial charge on any atom is -0.493 e. The SMILES string of the molecule is Cc1onc(NC(=O)N2CCC(=Cc3cccc(OCC(C)CC(F)(F)F)c3)CC2)c1C. The van der Waals surface area contributed by atoms with E-state index < -0.39 is 18.5 Å². The number of hydrogen-bond donors (Lipinski definition) is 1. The van der Waals surface area contributed by atoms with Crippen molar-refractivity contribution in [1.82, 2.24) is 10.1 Å². The summed E-state index contributed by atoms with van der Waals surface area (Å²) in [5.41, 5.74) is 2.93. The first-order chi connectivity index (χ1) is 15.1. The first-order valence-electron chi connectivity index (χ1n) is 10.6. The number of amides is 2. The van der Waals surface area contributed by atoms with E-state index >= 15 is 0 Å². The van der Waals surface area contributed by atoms with E-state index in [1.165, 1.54) is 12.5 Å². The van der Waals surface area contributed by atoms with E-state index in [2.05, 4.69) is 10.5 Å². The molecule has 1 aliphatic heterocycles.